The quantitative estimate of drug-likeness (QED) is 0.564. The van der Waals surface area contributed by atoms with Crippen molar-refractivity contribution < 1.29 is 14.6 Å². The van der Waals surface area contributed by atoms with Crippen molar-refractivity contribution in [1.82, 2.24) is 0 Å². The van der Waals surface area contributed by atoms with E-state index >= 15 is 0 Å². The van der Waals surface area contributed by atoms with Crippen molar-refractivity contribution in [3.05, 3.63) is 0 Å². The highest BCUT2D eigenvalue weighted by Gasteiger charge is 2.40. The minimum atomic E-state index is -0.296. The summed E-state index contributed by atoms with van der Waals surface area (Å²) in [6.07, 6.45) is 1.20. The molecule has 0 spiro atoms. The van der Waals surface area contributed by atoms with E-state index in [0.717, 1.165) is 13.0 Å². The van der Waals surface area contributed by atoms with Crippen LogP contribution < -0.4 is 0 Å². The second-order valence-corrected chi connectivity index (χ2v) is 3.05. The maximum Gasteiger partial charge on any atom is 0.107 e. The number of hydrogen-bond acceptors (Lipinski definition) is 3. The first kappa shape index (κ1) is 6.58. The number of rotatable bonds is 3. The third-order valence-corrected chi connectivity index (χ3v) is 2.10. The third-order valence-electron chi connectivity index (χ3n) is 2.10. The van der Waals surface area contributed by atoms with Crippen molar-refractivity contribution in [2.75, 3.05) is 6.61 Å². The van der Waals surface area contributed by atoms with Crippen LogP contribution in [-0.2, 0) is 9.47 Å². The summed E-state index contributed by atoms with van der Waals surface area (Å²) < 4.78 is 10.1. The number of epoxide rings is 2. The zero-order valence-electron chi connectivity index (χ0n) is 5.99. The Balaban J connectivity index is 1.69. The van der Waals surface area contributed by atoms with Crippen LogP contribution in [0.2, 0.25) is 0 Å². The summed E-state index contributed by atoms with van der Waals surface area (Å²) in [4.78, 5) is 0. The molecule has 3 nitrogen and oxygen atoms in total. The Labute approximate surface area is 59.9 Å². The SMILES string of the molecule is CC1OC1CC(O)C1CO1. The molecule has 1 N–H and O–H groups in total. The van der Waals surface area contributed by atoms with E-state index in [0.29, 0.717) is 12.2 Å². The summed E-state index contributed by atoms with van der Waals surface area (Å²) in [5.41, 5.74) is 0. The molecule has 0 bridgehead atoms. The first-order chi connectivity index (χ1) is 4.77. The van der Waals surface area contributed by atoms with Crippen molar-refractivity contribution in [3.63, 3.8) is 0 Å². The number of aliphatic hydroxyl groups excluding tert-OH is 1. The van der Waals surface area contributed by atoms with Gasteiger partial charge in [0.15, 0.2) is 0 Å². The smallest absolute Gasteiger partial charge is 0.107 e. The summed E-state index contributed by atoms with van der Waals surface area (Å²) in [6, 6.07) is 0. The zero-order valence-corrected chi connectivity index (χ0v) is 5.99. The molecule has 0 radical (unpaired) electrons. The van der Waals surface area contributed by atoms with Crippen molar-refractivity contribution in [3.8, 4) is 0 Å². The fraction of sp³-hybridized carbons (Fsp3) is 1.00. The van der Waals surface area contributed by atoms with Gasteiger partial charge in [0.1, 0.15) is 6.10 Å². The predicted octanol–water partition coefficient (Wildman–Crippen LogP) is -0.0765. The Morgan fingerprint density at radius 3 is 2.70 bits per heavy atom. The second-order valence-electron chi connectivity index (χ2n) is 3.05. The van der Waals surface area contributed by atoms with Crippen LogP contribution in [0.1, 0.15) is 13.3 Å². The van der Waals surface area contributed by atoms with Gasteiger partial charge in [-0.2, -0.15) is 0 Å². The molecule has 10 heavy (non-hydrogen) atoms. The lowest BCUT2D eigenvalue weighted by Gasteiger charge is -2.02. The lowest BCUT2D eigenvalue weighted by molar-refractivity contribution is 0.117. The van der Waals surface area contributed by atoms with Gasteiger partial charge in [-0.3, -0.25) is 0 Å². The van der Waals surface area contributed by atoms with Crippen molar-refractivity contribution >= 4 is 0 Å². The number of aliphatic hydroxyl groups is 1. The lowest BCUT2D eigenvalue weighted by atomic mass is 10.1. The van der Waals surface area contributed by atoms with E-state index < -0.39 is 0 Å². The highest BCUT2D eigenvalue weighted by atomic mass is 16.6. The second kappa shape index (κ2) is 2.19. The fourth-order valence-corrected chi connectivity index (χ4v) is 1.15. The Hall–Kier alpha value is -0.120. The van der Waals surface area contributed by atoms with Crippen LogP contribution in [-0.4, -0.2) is 36.1 Å². The van der Waals surface area contributed by atoms with Gasteiger partial charge in [0.25, 0.3) is 0 Å². The van der Waals surface area contributed by atoms with Gasteiger partial charge >= 0.3 is 0 Å². The van der Waals surface area contributed by atoms with E-state index in [4.69, 9.17) is 9.47 Å². The van der Waals surface area contributed by atoms with Crippen molar-refractivity contribution in [2.45, 2.75) is 37.8 Å². The molecule has 0 aromatic heterocycles. The maximum absolute atomic E-state index is 9.31. The van der Waals surface area contributed by atoms with E-state index in [1.807, 2.05) is 6.92 Å². The Morgan fingerprint density at radius 1 is 1.70 bits per heavy atom. The molecular weight excluding hydrogens is 132 g/mol. The summed E-state index contributed by atoms with van der Waals surface area (Å²) in [5.74, 6) is 0. The van der Waals surface area contributed by atoms with E-state index in [2.05, 4.69) is 0 Å². The average molecular weight is 144 g/mol. The molecule has 58 valence electrons. The zero-order chi connectivity index (χ0) is 7.14. The summed E-state index contributed by atoms with van der Waals surface area (Å²) in [6.45, 7) is 2.74. The van der Waals surface area contributed by atoms with Gasteiger partial charge in [0, 0.05) is 6.42 Å². The van der Waals surface area contributed by atoms with E-state index in [9.17, 15) is 5.11 Å². The van der Waals surface area contributed by atoms with Crippen LogP contribution in [0.15, 0.2) is 0 Å². The van der Waals surface area contributed by atoms with Gasteiger partial charge in [-0.1, -0.05) is 0 Å². The largest absolute Gasteiger partial charge is 0.390 e. The minimum absolute atomic E-state index is 0.108. The normalized spacial score (nSPS) is 46.8. The molecule has 0 aliphatic carbocycles. The van der Waals surface area contributed by atoms with E-state index in [1.165, 1.54) is 0 Å². The van der Waals surface area contributed by atoms with Crippen LogP contribution >= 0.6 is 0 Å². The van der Waals surface area contributed by atoms with Gasteiger partial charge in [0.05, 0.1) is 24.9 Å². The Bertz CT molecular complexity index is 133. The predicted molar refractivity (Wildman–Crippen MR) is 34.7 cm³/mol. The standard InChI is InChI=1S/C7H12O3/c1-4-6(10-4)2-5(8)7-3-9-7/h4-8H,2-3H2,1H3. The molecule has 2 saturated heterocycles. The molecule has 4 unspecified atom stereocenters. The number of ether oxygens (including phenoxy) is 2. The monoisotopic (exact) mass is 144 g/mol. The van der Waals surface area contributed by atoms with Crippen LogP contribution in [0, 0.1) is 0 Å². The first-order valence-corrected chi connectivity index (χ1v) is 3.72. The van der Waals surface area contributed by atoms with E-state index in [-0.39, 0.29) is 12.2 Å². The molecule has 2 aliphatic rings. The van der Waals surface area contributed by atoms with Gasteiger partial charge in [-0.05, 0) is 6.92 Å². The Morgan fingerprint density at radius 2 is 2.30 bits per heavy atom. The van der Waals surface area contributed by atoms with Gasteiger partial charge in [-0.15, -0.1) is 0 Å². The molecule has 2 fully saturated rings. The highest BCUT2D eigenvalue weighted by Crippen LogP contribution is 2.29. The third kappa shape index (κ3) is 1.31. The highest BCUT2D eigenvalue weighted by molar-refractivity contribution is 4.88. The molecule has 2 aliphatic heterocycles. The molecule has 4 atom stereocenters. The molecule has 2 heterocycles. The maximum atomic E-state index is 9.31. The molecular formula is C7H12O3. The van der Waals surface area contributed by atoms with Crippen LogP contribution in [0.5, 0.6) is 0 Å². The summed E-state index contributed by atoms with van der Waals surface area (Å²) >= 11 is 0. The number of hydrogen-bond donors (Lipinski definition) is 1. The molecule has 2 rings (SSSR count). The fourth-order valence-electron chi connectivity index (χ4n) is 1.15. The van der Waals surface area contributed by atoms with Gasteiger partial charge < -0.3 is 14.6 Å². The Kier molecular flexibility index (Phi) is 1.44. The van der Waals surface area contributed by atoms with E-state index in [1.54, 1.807) is 0 Å². The average Bonchev–Trinajstić information content (AvgIpc) is 2.66. The molecule has 3 heteroatoms. The van der Waals surface area contributed by atoms with Gasteiger partial charge in [0.2, 0.25) is 0 Å². The van der Waals surface area contributed by atoms with Crippen molar-refractivity contribution in [1.29, 1.82) is 0 Å². The summed E-state index contributed by atoms with van der Waals surface area (Å²) in [5, 5.41) is 9.31. The molecule has 0 amide bonds. The molecule has 0 aromatic rings. The molecule has 0 saturated carbocycles. The first-order valence-electron chi connectivity index (χ1n) is 3.72. The lowest BCUT2D eigenvalue weighted by Crippen LogP contribution is -2.17. The van der Waals surface area contributed by atoms with Gasteiger partial charge in [-0.25, -0.2) is 0 Å². The minimum Gasteiger partial charge on any atom is -0.390 e. The summed E-state index contributed by atoms with van der Waals surface area (Å²) in [7, 11) is 0. The van der Waals surface area contributed by atoms with Crippen LogP contribution in [0.25, 0.3) is 0 Å². The topological polar surface area (TPSA) is 45.3 Å². The molecule has 0 aromatic carbocycles. The van der Waals surface area contributed by atoms with Crippen LogP contribution in [0.3, 0.4) is 0 Å². The van der Waals surface area contributed by atoms with Crippen molar-refractivity contribution in [2.24, 2.45) is 0 Å². The van der Waals surface area contributed by atoms with Crippen LogP contribution in [0.4, 0.5) is 0 Å².